The van der Waals surface area contributed by atoms with Crippen molar-refractivity contribution in [1.29, 1.82) is 5.26 Å². The molecule has 0 amide bonds. The molecule has 0 atom stereocenters. The van der Waals surface area contributed by atoms with Gasteiger partial charge in [-0.25, -0.2) is 0 Å². The van der Waals surface area contributed by atoms with Crippen molar-refractivity contribution in [3.05, 3.63) is 63.9 Å². The van der Waals surface area contributed by atoms with Crippen LogP contribution >= 0.6 is 11.6 Å². The fourth-order valence-corrected chi connectivity index (χ4v) is 3.46. The van der Waals surface area contributed by atoms with Gasteiger partial charge in [0, 0.05) is 11.3 Å². The molecule has 5 nitrogen and oxygen atoms in total. The summed E-state index contributed by atoms with van der Waals surface area (Å²) in [5.41, 5.74) is 5.52. The fourth-order valence-electron chi connectivity index (χ4n) is 3.24. The third-order valence-corrected chi connectivity index (χ3v) is 4.84. The monoisotopic (exact) mass is 365 g/mol. The van der Waals surface area contributed by atoms with Gasteiger partial charge in [-0.05, 0) is 49.2 Å². The molecule has 6 heteroatoms. The van der Waals surface area contributed by atoms with Crippen LogP contribution in [0.5, 0.6) is 11.5 Å². The Morgan fingerprint density at radius 2 is 1.96 bits per heavy atom. The summed E-state index contributed by atoms with van der Waals surface area (Å²) in [6.45, 7) is 4.91. The van der Waals surface area contributed by atoms with Crippen LogP contribution in [0, 0.1) is 25.2 Å². The summed E-state index contributed by atoms with van der Waals surface area (Å²) < 4.78 is 12.8. The first-order valence-corrected chi connectivity index (χ1v) is 8.57. The Morgan fingerprint density at radius 1 is 1.15 bits per heavy atom. The number of nitriles is 1. The summed E-state index contributed by atoms with van der Waals surface area (Å²) >= 11 is 6.20. The molecule has 130 valence electrons. The quantitative estimate of drug-likeness (QED) is 0.687. The van der Waals surface area contributed by atoms with Gasteiger partial charge in [-0.1, -0.05) is 23.7 Å². The Labute approximate surface area is 156 Å². The number of ether oxygens (including phenoxy) is 2. The average Bonchev–Trinajstić information content (AvgIpc) is 3.19. The van der Waals surface area contributed by atoms with Crippen LogP contribution in [-0.2, 0) is 6.54 Å². The molecule has 2 aromatic carbocycles. The highest BCUT2D eigenvalue weighted by Crippen LogP contribution is 2.34. The molecule has 0 saturated heterocycles. The zero-order valence-corrected chi connectivity index (χ0v) is 15.2. The van der Waals surface area contributed by atoms with Crippen molar-refractivity contribution < 1.29 is 9.47 Å². The molecule has 1 aliphatic heterocycles. The van der Waals surface area contributed by atoms with Gasteiger partial charge in [0.05, 0.1) is 22.8 Å². The molecular weight excluding hydrogens is 350 g/mol. The Morgan fingerprint density at radius 3 is 2.73 bits per heavy atom. The van der Waals surface area contributed by atoms with E-state index in [0.29, 0.717) is 17.1 Å². The highest BCUT2D eigenvalue weighted by Gasteiger charge is 2.17. The van der Waals surface area contributed by atoms with Crippen LogP contribution in [0.2, 0.25) is 5.02 Å². The smallest absolute Gasteiger partial charge is 0.231 e. The predicted molar refractivity (Wildman–Crippen MR) is 98.5 cm³/mol. The van der Waals surface area contributed by atoms with Gasteiger partial charge in [0.2, 0.25) is 6.79 Å². The number of rotatable bonds is 3. The normalized spacial score (nSPS) is 12.2. The molecule has 3 aromatic rings. The predicted octanol–water partition coefficient (Wildman–Crippen LogP) is 4.47. The number of hydrogen-bond donors (Lipinski definition) is 0. The molecule has 4 rings (SSSR count). The fraction of sp³-hybridized carbons (Fsp3) is 0.200. The Kier molecular flexibility index (Phi) is 4.06. The zero-order valence-electron chi connectivity index (χ0n) is 14.4. The van der Waals surface area contributed by atoms with Crippen LogP contribution in [0.15, 0.2) is 36.4 Å². The van der Waals surface area contributed by atoms with Crippen molar-refractivity contribution >= 4 is 11.6 Å². The minimum absolute atomic E-state index is 0.266. The molecule has 0 fully saturated rings. The van der Waals surface area contributed by atoms with E-state index in [2.05, 4.69) is 11.2 Å². The summed E-state index contributed by atoms with van der Waals surface area (Å²) in [5.74, 6) is 1.54. The van der Waals surface area contributed by atoms with Gasteiger partial charge in [-0.15, -0.1) is 0 Å². The maximum Gasteiger partial charge on any atom is 0.231 e. The standard InChI is InChI=1S/C20H16ClN3O2/c1-12-20(15-4-5-16(9-22)17(21)8-15)13(2)24(23-12)10-14-3-6-18-19(7-14)26-11-25-18/h3-8H,10-11H2,1-2H3. The molecule has 26 heavy (non-hydrogen) atoms. The molecule has 0 saturated carbocycles. The van der Waals surface area contributed by atoms with E-state index < -0.39 is 0 Å². The molecule has 0 bridgehead atoms. The summed E-state index contributed by atoms with van der Waals surface area (Å²) in [6, 6.07) is 13.5. The van der Waals surface area contributed by atoms with Gasteiger partial charge < -0.3 is 9.47 Å². The molecule has 0 radical (unpaired) electrons. The number of benzene rings is 2. The second-order valence-corrected chi connectivity index (χ2v) is 6.60. The van der Waals surface area contributed by atoms with Gasteiger partial charge in [-0.2, -0.15) is 10.4 Å². The van der Waals surface area contributed by atoms with Crippen molar-refractivity contribution in [2.45, 2.75) is 20.4 Å². The zero-order chi connectivity index (χ0) is 18.3. The van der Waals surface area contributed by atoms with Crippen LogP contribution in [0.4, 0.5) is 0 Å². The van der Waals surface area contributed by atoms with E-state index in [-0.39, 0.29) is 6.79 Å². The average molecular weight is 366 g/mol. The minimum Gasteiger partial charge on any atom is -0.454 e. The topological polar surface area (TPSA) is 60.1 Å². The van der Waals surface area contributed by atoms with Crippen LogP contribution in [0.1, 0.15) is 22.5 Å². The van der Waals surface area contributed by atoms with Crippen molar-refractivity contribution in [2.24, 2.45) is 0 Å². The SMILES string of the molecule is Cc1nn(Cc2ccc3c(c2)OCO3)c(C)c1-c1ccc(C#N)c(Cl)c1. The second-order valence-electron chi connectivity index (χ2n) is 6.20. The van der Waals surface area contributed by atoms with Gasteiger partial charge in [-0.3, -0.25) is 4.68 Å². The van der Waals surface area contributed by atoms with Crippen LogP contribution in [0.3, 0.4) is 0 Å². The minimum atomic E-state index is 0.266. The molecule has 0 aliphatic carbocycles. The first-order valence-electron chi connectivity index (χ1n) is 8.19. The molecule has 0 spiro atoms. The Balaban J connectivity index is 1.69. The van der Waals surface area contributed by atoms with Crippen molar-refractivity contribution in [1.82, 2.24) is 9.78 Å². The van der Waals surface area contributed by atoms with Gasteiger partial charge in [0.15, 0.2) is 11.5 Å². The number of hydrogen-bond acceptors (Lipinski definition) is 4. The highest BCUT2D eigenvalue weighted by molar-refractivity contribution is 6.32. The van der Waals surface area contributed by atoms with Gasteiger partial charge in [0.25, 0.3) is 0 Å². The number of halogens is 1. The third kappa shape index (κ3) is 2.79. The Hall–Kier alpha value is -2.97. The number of aryl methyl sites for hydroxylation is 1. The van der Waals surface area contributed by atoms with Crippen molar-refractivity contribution in [3.8, 4) is 28.7 Å². The van der Waals surface area contributed by atoms with E-state index in [1.165, 1.54) is 0 Å². The van der Waals surface area contributed by atoms with Crippen LogP contribution in [0.25, 0.3) is 11.1 Å². The van der Waals surface area contributed by atoms with E-state index in [1.807, 2.05) is 48.9 Å². The molecular formula is C20H16ClN3O2. The van der Waals surface area contributed by atoms with E-state index in [4.69, 9.17) is 26.3 Å². The number of aromatic nitrogens is 2. The van der Waals surface area contributed by atoms with Crippen LogP contribution in [-0.4, -0.2) is 16.6 Å². The number of fused-ring (bicyclic) bond motifs is 1. The van der Waals surface area contributed by atoms with E-state index in [0.717, 1.165) is 39.6 Å². The van der Waals surface area contributed by atoms with Crippen molar-refractivity contribution in [2.75, 3.05) is 6.79 Å². The summed E-state index contributed by atoms with van der Waals surface area (Å²) in [5, 5.41) is 14.2. The summed E-state index contributed by atoms with van der Waals surface area (Å²) in [4.78, 5) is 0. The highest BCUT2D eigenvalue weighted by atomic mass is 35.5. The largest absolute Gasteiger partial charge is 0.454 e. The second kappa shape index (κ2) is 6.40. The number of nitrogens with zero attached hydrogens (tertiary/aromatic N) is 3. The lowest BCUT2D eigenvalue weighted by atomic mass is 10.0. The molecule has 0 unspecified atom stereocenters. The molecule has 1 aliphatic rings. The van der Waals surface area contributed by atoms with Crippen LogP contribution < -0.4 is 9.47 Å². The maximum absolute atomic E-state index is 9.05. The van der Waals surface area contributed by atoms with Gasteiger partial charge >= 0.3 is 0 Å². The maximum atomic E-state index is 9.05. The third-order valence-electron chi connectivity index (χ3n) is 4.53. The summed E-state index contributed by atoms with van der Waals surface area (Å²) in [6.07, 6.45) is 0. The lowest BCUT2D eigenvalue weighted by Gasteiger charge is -2.07. The van der Waals surface area contributed by atoms with E-state index in [1.54, 1.807) is 6.07 Å². The lowest BCUT2D eigenvalue weighted by Crippen LogP contribution is -2.04. The first-order chi connectivity index (χ1) is 12.6. The lowest BCUT2D eigenvalue weighted by molar-refractivity contribution is 0.174. The Bertz CT molecular complexity index is 1050. The summed E-state index contributed by atoms with van der Waals surface area (Å²) in [7, 11) is 0. The van der Waals surface area contributed by atoms with E-state index in [9.17, 15) is 0 Å². The van der Waals surface area contributed by atoms with Crippen molar-refractivity contribution in [3.63, 3.8) is 0 Å². The molecule has 0 N–H and O–H groups in total. The van der Waals surface area contributed by atoms with E-state index >= 15 is 0 Å². The molecule has 2 heterocycles. The first kappa shape index (κ1) is 16.5. The molecule has 1 aromatic heterocycles. The van der Waals surface area contributed by atoms with Gasteiger partial charge in [0.1, 0.15) is 6.07 Å².